The lowest BCUT2D eigenvalue weighted by atomic mass is 10.1. The van der Waals surface area contributed by atoms with Gasteiger partial charge in [0.15, 0.2) is 0 Å². The normalized spacial score (nSPS) is 15.9. The Bertz CT molecular complexity index is 623. The van der Waals surface area contributed by atoms with E-state index in [0.29, 0.717) is 12.5 Å². The summed E-state index contributed by atoms with van der Waals surface area (Å²) in [7, 11) is 4.00. The monoisotopic (exact) mass is 270 g/mol. The number of aryl methyl sites for hydroxylation is 1. The van der Waals surface area contributed by atoms with Crippen LogP contribution in [0.1, 0.15) is 31.2 Å². The lowest BCUT2D eigenvalue weighted by Gasteiger charge is -2.24. The zero-order valence-corrected chi connectivity index (χ0v) is 12.3. The van der Waals surface area contributed by atoms with Crippen molar-refractivity contribution in [1.82, 2.24) is 9.47 Å². The van der Waals surface area contributed by atoms with Crippen LogP contribution in [0, 0.1) is 0 Å². The van der Waals surface area contributed by atoms with Gasteiger partial charge in [-0.15, -0.1) is 0 Å². The molecule has 0 spiro atoms. The van der Waals surface area contributed by atoms with E-state index in [4.69, 9.17) is 0 Å². The molecule has 1 saturated carbocycles. The highest BCUT2D eigenvalue weighted by Crippen LogP contribution is 2.23. The molecule has 1 aliphatic rings. The molecule has 0 unspecified atom stereocenters. The summed E-state index contributed by atoms with van der Waals surface area (Å²) in [5, 5.41) is 1.23. The third-order valence-corrected chi connectivity index (χ3v) is 4.57. The van der Waals surface area contributed by atoms with E-state index in [1.165, 1.54) is 36.6 Å². The molecule has 1 heterocycles. The Balaban J connectivity index is 1.74. The molecule has 1 fully saturated rings. The van der Waals surface area contributed by atoms with E-state index in [1.54, 1.807) is 0 Å². The van der Waals surface area contributed by atoms with Crippen molar-refractivity contribution in [1.29, 1.82) is 0 Å². The minimum atomic E-state index is 0.241. The molecule has 106 valence electrons. The highest BCUT2D eigenvalue weighted by molar-refractivity contribution is 5.84. The number of hydrogen-bond acceptors (Lipinski definition) is 1. The highest BCUT2D eigenvalue weighted by Gasteiger charge is 2.23. The van der Waals surface area contributed by atoms with Gasteiger partial charge in [-0.05, 0) is 35.9 Å². The van der Waals surface area contributed by atoms with Crippen LogP contribution in [0.25, 0.3) is 10.9 Å². The van der Waals surface area contributed by atoms with Crippen LogP contribution in [0.5, 0.6) is 0 Å². The topological polar surface area (TPSA) is 25.2 Å². The molecule has 0 aliphatic heterocycles. The minimum absolute atomic E-state index is 0.241. The molecular formula is C17H22N2O. The fourth-order valence-electron chi connectivity index (χ4n) is 3.21. The Labute approximate surface area is 120 Å². The van der Waals surface area contributed by atoms with Crippen LogP contribution in [-0.2, 0) is 18.3 Å². The number of benzene rings is 1. The van der Waals surface area contributed by atoms with Crippen LogP contribution >= 0.6 is 0 Å². The van der Waals surface area contributed by atoms with Gasteiger partial charge < -0.3 is 9.47 Å². The number of likely N-dealkylation sites (N-methyl/N-ethyl adjacent to an activating group) is 1. The first-order chi connectivity index (χ1) is 9.65. The van der Waals surface area contributed by atoms with Crippen molar-refractivity contribution in [3.8, 4) is 0 Å². The summed E-state index contributed by atoms with van der Waals surface area (Å²) in [6, 6.07) is 8.87. The van der Waals surface area contributed by atoms with Gasteiger partial charge in [0, 0.05) is 31.9 Å². The molecule has 1 aromatic heterocycles. The van der Waals surface area contributed by atoms with Gasteiger partial charge in [0.1, 0.15) is 0 Å². The second-order valence-electron chi connectivity index (χ2n) is 5.94. The Kier molecular flexibility index (Phi) is 3.51. The summed E-state index contributed by atoms with van der Waals surface area (Å²) < 4.78 is 2.10. The molecule has 1 aromatic carbocycles. The molecule has 20 heavy (non-hydrogen) atoms. The fraction of sp³-hybridized carbons (Fsp3) is 0.471. The van der Waals surface area contributed by atoms with E-state index < -0.39 is 0 Å². The molecule has 2 aromatic rings. The van der Waals surface area contributed by atoms with Crippen molar-refractivity contribution >= 4 is 16.8 Å². The van der Waals surface area contributed by atoms with Crippen molar-refractivity contribution < 1.29 is 4.79 Å². The van der Waals surface area contributed by atoms with Crippen molar-refractivity contribution in [3.05, 3.63) is 36.0 Å². The Morgan fingerprint density at radius 3 is 2.80 bits per heavy atom. The van der Waals surface area contributed by atoms with Gasteiger partial charge >= 0.3 is 0 Å². The average Bonchev–Trinajstić information content (AvgIpc) is 3.09. The zero-order chi connectivity index (χ0) is 14.1. The van der Waals surface area contributed by atoms with Gasteiger partial charge in [-0.3, -0.25) is 4.79 Å². The molecule has 0 bridgehead atoms. The van der Waals surface area contributed by atoms with Gasteiger partial charge in [-0.25, -0.2) is 0 Å². The molecule has 1 amide bonds. The third kappa shape index (κ3) is 2.45. The van der Waals surface area contributed by atoms with E-state index in [1.807, 2.05) is 19.0 Å². The maximum atomic E-state index is 12.4. The average molecular weight is 270 g/mol. The van der Waals surface area contributed by atoms with Gasteiger partial charge in [0.25, 0.3) is 0 Å². The Morgan fingerprint density at radius 1 is 1.30 bits per heavy atom. The number of hydrogen-bond donors (Lipinski definition) is 0. The molecule has 0 radical (unpaired) electrons. The lowest BCUT2D eigenvalue weighted by Crippen LogP contribution is -2.36. The summed E-state index contributed by atoms with van der Waals surface area (Å²) in [5.41, 5.74) is 2.30. The van der Waals surface area contributed by atoms with Crippen LogP contribution in [-0.4, -0.2) is 28.5 Å². The quantitative estimate of drug-likeness (QED) is 0.841. The number of fused-ring (bicyclic) bond motifs is 1. The molecule has 0 saturated heterocycles. The van der Waals surface area contributed by atoms with E-state index in [2.05, 4.69) is 35.0 Å². The van der Waals surface area contributed by atoms with E-state index in [0.717, 1.165) is 5.56 Å². The van der Waals surface area contributed by atoms with Gasteiger partial charge in [-0.1, -0.05) is 25.0 Å². The standard InChI is InChI=1S/C17H22N2O/c1-18-10-9-14-8-7-13(11-16(14)18)12-17(20)19(2)15-5-3-4-6-15/h7-11,15H,3-6,12H2,1-2H3. The molecule has 3 rings (SSSR count). The second-order valence-corrected chi connectivity index (χ2v) is 5.94. The summed E-state index contributed by atoms with van der Waals surface area (Å²) in [6.07, 6.45) is 7.42. The van der Waals surface area contributed by atoms with E-state index in [-0.39, 0.29) is 5.91 Å². The van der Waals surface area contributed by atoms with Gasteiger partial charge in [0.05, 0.1) is 6.42 Å². The molecule has 3 heteroatoms. The highest BCUT2D eigenvalue weighted by atomic mass is 16.2. The lowest BCUT2D eigenvalue weighted by molar-refractivity contribution is -0.131. The fourth-order valence-corrected chi connectivity index (χ4v) is 3.21. The summed E-state index contributed by atoms with van der Waals surface area (Å²) in [5.74, 6) is 0.241. The van der Waals surface area contributed by atoms with Crippen LogP contribution in [0.3, 0.4) is 0 Å². The SMILES string of the molecule is CN(C(=O)Cc1ccc2ccn(C)c2c1)C1CCCC1. The first-order valence-corrected chi connectivity index (χ1v) is 7.45. The van der Waals surface area contributed by atoms with E-state index >= 15 is 0 Å². The van der Waals surface area contributed by atoms with Crippen molar-refractivity contribution in [2.75, 3.05) is 7.05 Å². The molecular weight excluding hydrogens is 248 g/mol. The van der Waals surface area contributed by atoms with Crippen molar-refractivity contribution in [2.24, 2.45) is 7.05 Å². The Hall–Kier alpha value is -1.77. The van der Waals surface area contributed by atoms with Crippen molar-refractivity contribution in [3.63, 3.8) is 0 Å². The smallest absolute Gasteiger partial charge is 0.226 e. The predicted molar refractivity (Wildman–Crippen MR) is 81.6 cm³/mol. The van der Waals surface area contributed by atoms with Crippen LogP contribution in [0.15, 0.2) is 30.5 Å². The third-order valence-electron chi connectivity index (χ3n) is 4.57. The maximum Gasteiger partial charge on any atom is 0.226 e. The number of carbonyl (C=O) groups is 1. The van der Waals surface area contributed by atoms with Crippen LogP contribution in [0.2, 0.25) is 0 Å². The number of carbonyl (C=O) groups excluding carboxylic acids is 1. The Morgan fingerprint density at radius 2 is 2.05 bits per heavy atom. The molecule has 3 nitrogen and oxygen atoms in total. The van der Waals surface area contributed by atoms with Crippen molar-refractivity contribution in [2.45, 2.75) is 38.1 Å². The van der Waals surface area contributed by atoms with E-state index in [9.17, 15) is 4.79 Å². The molecule has 0 atom stereocenters. The predicted octanol–water partition coefficient (Wildman–Crippen LogP) is 3.12. The minimum Gasteiger partial charge on any atom is -0.351 e. The molecule has 1 aliphatic carbocycles. The van der Waals surface area contributed by atoms with Crippen LogP contribution < -0.4 is 0 Å². The number of amides is 1. The number of aromatic nitrogens is 1. The largest absolute Gasteiger partial charge is 0.351 e. The first-order valence-electron chi connectivity index (χ1n) is 7.45. The zero-order valence-electron chi connectivity index (χ0n) is 12.3. The van der Waals surface area contributed by atoms with Gasteiger partial charge in [0.2, 0.25) is 5.91 Å². The summed E-state index contributed by atoms with van der Waals surface area (Å²) >= 11 is 0. The number of rotatable bonds is 3. The second kappa shape index (κ2) is 5.31. The maximum absolute atomic E-state index is 12.4. The summed E-state index contributed by atoms with van der Waals surface area (Å²) in [6.45, 7) is 0. The number of nitrogens with zero attached hydrogens (tertiary/aromatic N) is 2. The van der Waals surface area contributed by atoms with Crippen LogP contribution in [0.4, 0.5) is 0 Å². The summed E-state index contributed by atoms with van der Waals surface area (Å²) in [4.78, 5) is 14.3. The van der Waals surface area contributed by atoms with Gasteiger partial charge in [-0.2, -0.15) is 0 Å². The molecule has 0 N–H and O–H groups in total. The first kappa shape index (κ1) is 13.2.